The Morgan fingerprint density at radius 1 is 1.03 bits per heavy atom. The standard InChI is InChI=1S/C25H29N9O/c1-4-17-12-28-25(29-13-17)33-9-7-20(8-10-33)34-22-6-5-18(11-21(22)31-32-34)19-14-26-23(27-15-19)24(35)30-16(2)3/h5-6,11-16,20H,4,7-10H2,1-3H3,(H,30,35). The minimum atomic E-state index is -0.277. The number of nitrogens with zero attached hydrogens (tertiary/aromatic N) is 8. The molecule has 5 rings (SSSR count). The van der Waals surface area contributed by atoms with Crippen LogP contribution in [-0.4, -0.2) is 60.0 Å². The molecule has 10 heteroatoms. The maximum absolute atomic E-state index is 12.1. The summed E-state index contributed by atoms with van der Waals surface area (Å²) in [6.45, 7) is 7.66. The van der Waals surface area contributed by atoms with E-state index in [1.807, 2.05) is 49.1 Å². The van der Waals surface area contributed by atoms with Gasteiger partial charge in [-0.15, -0.1) is 5.10 Å². The SMILES string of the molecule is CCc1cnc(N2CCC(n3nnc4cc(-c5cnc(C(=O)NC(C)C)nc5)ccc43)CC2)nc1. The van der Waals surface area contributed by atoms with E-state index < -0.39 is 0 Å². The lowest BCUT2D eigenvalue weighted by Crippen LogP contribution is -2.36. The number of carbonyl (C=O) groups excluding carboxylic acids is 1. The van der Waals surface area contributed by atoms with Gasteiger partial charge in [-0.3, -0.25) is 4.79 Å². The van der Waals surface area contributed by atoms with Crippen LogP contribution in [0, 0.1) is 0 Å². The molecule has 1 aliphatic rings. The number of hydrogen-bond acceptors (Lipinski definition) is 8. The van der Waals surface area contributed by atoms with Gasteiger partial charge < -0.3 is 10.2 Å². The fourth-order valence-corrected chi connectivity index (χ4v) is 4.32. The summed E-state index contributed by atoms with van der Waals surface area (Å²) in [6, 6.07) is 6.36. The number of aryl methyl sites for hydroxylation is 1. The van der Waals surface area contributed by atoms with Gasteiger partial charge in [-0.25, -0.2) is 24.6 Å². The zero-order valence-corrected chi connectivity index (χ0v) is 20.2. The molecule has 3 aromatic heterocycles. The van der Waals surface area contributed by atoms with Crippen LogP contribution in [0.25, 0.3) is 22.2 Å². The van der Waals surface area contributed by atoms with Crippen molar-refractivity contribution in [1.29, 1.82) is 0 Å². The number of anilines is 1. The van der Waals surface area contributed by atoms with Gasteiger partial charge in [-0.1, -0.05) is 18.2 Å². The Morgan fingerprint density at radius 3 is 2.40 bits per heavy atom. The molecule has 10 nitrogen and oxygen atoms in total. The number of hydrogen-bond donors (Lipinski definition) is 1. The van der Waals surface area contributed by atoms with Crippen LogP contribution < -0.4 is 10.2 Å². The van der Waals surface area contributed by atoms with E-state index in [1.54, 1.807) is 12.4 Å². The summed E-state index contributed by atoms with van der Waals surface area (Å²) < 4.78 is 2.04. The summed E-state index contributed by atoms with van der Waals surface area (Å²) in [5.74, 6) is 0.678. The van der Waals surface area contributed by atoms with Crippen molar-refractivity contribution < 1.29 is 4.79 Å². The molecular formula is C25H29N9O. The summed E-state index contributed by atoms with van der Waals surface area (Å²) >= 11 is 0. The van der Waals surface area contributed by atoms with Crippen molar-refractivity contribution in [2.24, 2.45) is 0 Å². The van der Waals surface area contributed by atoms with Crippen molar-refractivity contribution >= 4 is 22.9 Å². The second kappa shape index (κ2) is 9.73. The molecule has 1 saturated heterocycles. The Morgan fingerprint density at radius 2 is 1.74 bits per heavy atom. The van der Waals surface area contributed by atoms with E-state index in [9.17, 15) is 4.79 Å². The molecule has 1 amide bonds. The third kappa shape index (κ3) is 4.82. The number of nitrogens with one attached hydrogen (secondary N) is 1. The van der Waals surface area contributed by atoms with E-state index in [0.29, 0.717) is 0 Å². The van der Waals surface area contributed by atoms with Gasteiger partial charge in [0.25, 0.3) is 5.91 Å². The van der Waals surface area contributed by atoms with E-state index in [0.717, 1.165) is 66.0 Å². The molecule has 1 aliphatic heterocycles. The first kappa shape index (κ1) is 22.8. The van der Waals surface area contributed by atoms with Gasteiger partial charge in [0.15, 0.2) is 0 Å². The Balaban J connectivity index is 1.28. The van der Waals surface area contributed by atoms with Crippen LogP contribution in [0.2, 0.25) is 0 Å². The van der Waals surface area contributed by atoms with Crippen LogP contribution in [0.3, 0.4) is 0 Å². The van der Waals surface area contributed by atoms with Crippen molar-refractivity contribution in [3.05, 3.63) is 54.4 Å². The molecule has 0 aliphatic carbocycles. The predicted molar refractivity (Wildman–Crippen MR) is 133 cm³/mol. The van der Waals surface area contributed by atoms with Crippen LogP contribution >= 0.6 is 0 Å². The largest absolute Gasteiger partial charge is 0.347 e. The average Bonchev–Trinajstić information content (AvgIpc) is 3.32. The molecule has 4 heterocycles. The summed E-state index contributed by atoms with van der Waals surface area (Å²) in [7, 11) is 0. The van der Waals surface area contributed by atoms with Gasteiger partial charge >= 0.3 is 0 Å². The quantitative estimate of drug-likeness (QED) is 0.456. The number of amides is 1. The van der Waals surface area contributed by atoms with Crippen LogP contribution in [0.1, 0.15) is 55.8 Å². The highest BCUT2D eigenvalue weighted by atomic mass is 16.2. The molecule has 0 spiro atoms. The van der Waals surface area contributed by atoms with Crippen molar-refractivity contribution in [2.75, 3.05) is 18.0 Å². The van der Waals surface area contributed by atoms with Gasteiger partial charge in [0.2, 0.25) is 11.8 Å². The minimum absolute atomic E-state index is 0.0312. The number of benzene rings is 1. The van der Waals surface area contributed by atoms with E-state index in [1.165, 1.54) is 0 Å². The highest BCUT2D eigenvalue weighted by molar-refractivity contribution is 5.90. The molecule has 0 bridgehead atoms. The maximum Gasteiger partial charge on any atom is 0.289 e. The molecule has 0 radical (unpaired) electrons. The van der Waals surface area contributed by atoms with Gasteiger partial charge in [0, 0.05) is 49.5 Å². The zero-order valence-electron chi connectivity index (χ0n) is 20.2. The first-order valence-corrected chi connectivity index (χ1v) is 12.1. The van der Waals surface area contributed by atoms with E-state index in [-0.39, 0.29) is 23.8 Å². The molecule has 0 saturated carbocycles. The first-order chi connectivity index (χ1) is 17.0. The normalized spacial score (nSPS) is 14.6. The van der Waals surface area contributed by atoms with E-state index >= 15 is 0 Å². The molecule has 180 valence electrons. The Bertz CT molecular complexity index is 1310. The fraction of sp³-hybridized carbons (Fsp3) is 0.400. The smallest absolute Gasteiger partial charge is 0.289 e. The van der Waals surface area contributed by atoms with Crippen LogP contribution in [0.4, 0.5) is 5.95 Å². The summed E-state index contributed by atoms with van der Waals surface area (Å²) in [5.41, 5.74) is 4.73. The molecule has 35 heavy (non-hydrogen) atoms. The molecular weight excluding hydrogens is 442 g/mol. The summed E-state index contributed by atoms with van der Waals surface area (Å²) in [6.07, 6.45) is 10.0. The lowest BCUT2D eigenvalue weighted by atomic mass is 10.0. The van der Waals surface area contributed by atoms with Crippen LogP contribution in [0.5, 0.6) is 0 Å². The Labute approximate surface area is 203 Å². The topological polar surface area (TPSA) is 115 Å². The van der Waals surface area contributed by atoms with E-state index in [2.05, 4.69) is 47.4 Å². The van der Waals surface area contributed by atoms with Gasteiger partial charge in [0.05, 0.1) is 11.6 Å². The highest BCUT2D eigenvalue weighted by Crippen LogP contribution is 2.29. The number of rotatable bonds is 6. The van der Waals surface area contributed by atoms with Gasteiger partial charge in [-0.05, 0) is 56.4 Å². The third-order valence-corrected chi connectivity index (χ3v) is 6.27. The van der Waals surface area contributed by atoms with Crippen molar-refractivity contribution in [1.82, 2.24) is 40.2 Å². The lowest BCUT2D eigenvalue weighted by Gasteiger charge is -2.32. The molecule has 0 unspecified atom stereocenters. The minimum Gasteiger partial charge on any atom is -0.347 e. The fourth-order valence-electron chi connectivity index (χ4n) is 4.32. The van der Waals surface area contributed by atoms with Gasteiger partial charge in [0.1, 0.15) is 5.52 Å². The number of aromatic nitrogens is 7. The van der Waals surface area contributed by atoms with Crippen molar-refractivity contribution in [3.63, 3.8) is 0 Å². The lowest BCUT2D eigenvalue weighted by molar-refractivity contribution is 0.0932. The Hall–Kier alpha value is -3.95. The zero-order chi connectivity index (χ0) is 24.4. The molecule has 4 aromatic rings. The van der Waals surface area contributed by atoms with Gasteiger partial charge in [-0.2, -0.15) is 0 Å². The summed E-state index contributed by atoms with van der Waals surface area (Å²) in [4.78, 5) is 31.8. The maximum atomic E-state index is 12.1. The van der Waals surface area contributed by atoms with Crippen molar-refractivity contribution in [2.45, 2.75) is 52.1 Å². The highest BCUT2D eigenvalue weighted by Gasteiger charge is 2.24. The second-order valence-electron chi connectivity index (χ2n) is 9.12. The second-order valence-corrected chi connectivity index (χ2v) is 9.12. The first-order valence-electron chi connectivity index (χ1n) is 12.1. The molecule has 1 fully saturated rings. The van der Waals surface area contributed by atoms with Crippen molar-refractivity contribution in [3.8, 4) is 11.1 Å². The predicted octanol–water partition coefficient (Wildman–Crippen LogP) is 3.22. The molecule has 0 atom stereocenters. The number of carbonyl (C=O) groups is 1. The third-order valence-electron chi connectivity index (χ3n) is 6.27. The van der Waals surface area contributed by atoms with Crippen LogP contribution in [0.15, 0.2) is 43.0 Å². The molecule has 1 aromatic carbocycles. The summed E-state index contributed by atoms with van der Waals surface area (Å²) in [5, 5.41) is 11.7. The number of piperidine rings is 1. The monoisotopic (exact) mass is 471 g/mol. The number of fused-ring (bicyclic) bond motifs is 1. The molecule has 1 N–H and O–H groups in total. The van der Waals surface area contributed by atoms with Crippen LogP contribution in [-0.2, 0) is 6.42 Å². The van der Waals surface area contributed by atoms with E-state index in [4.69, 9.17) is 0 Å². The Kier molecular flexibility index (Phi) is 6.35. The average molecular weight is 472 g/mol.